The molecular formula is C8H13N. The molecule has 0 bridgehead atoms. The lowest BCUT2D eigenvalue weighted by Gasteiger charge is -1.94. The Labute approximate surface area is 57.3 Å². The van der Waals surface area contributed by atoms with Crippen LogP contribution in [0.1, 0.15) is 7.85 Å². The molecule has 0 aliphatic heterocycles. The Morgan fingerprint density at radius 1 is 1.56 bits per heavy atom. The van der Waals surface area contributed by atoms with E-state index in [1.165, 1.54) is 5.70 Å². The number of allylic oxidation sites excluding steroid dienone is 5. The van der Waals surface area contributed by atoms with Gasteiger partial charge in [-0.25, -0.2) is 0 Å². The summed E-state index contributed by atoms with van der Waals surface area (Å²) in [5, 5.41) is 3.07. The van der Waals surface area contributed by atoms with Crippen molar-refractivity contribution in [1.29, 1.82) is 0 Å². The van der Waals surface area contributed by atoms with Gasteiger partial charge in [0.05, 0.1) is 0 Å². The Morgan fingerprint density at radius 3 is 3.22 bits per heavy atom. The summed E-state index contributed by atoms with van der Waals surface area (Å²) in [5.41, 5.74) is 1.17. The minimum atomic E-state index is 0. The Balaban J connectivity index is 0.000000810. The van der Waals surface area contributed by atoms with Gasteiger partial charge in [0.1, 0.15) is 0 Å². The van der Waals surface area contributed by atoms with Crippen LogP contribution in [0.2, 0.25) is 0 Å². The molecule has 1 heteroatoms. The van der Waals surface area contributed by atoms with Gasteiger partial charge in [-0.1, -0.05) is 18.2 Å². The first-order chi connectivity index (χ1) is 4.43. The summed E-state index contributed by atoms with van der Waals surface area (Å²) in [7, 11) is 1.93. The van der Waals surface area contributed by atoms with Crippen molar-refractivity contribution >= 4 is 0 Å². The molecule has 0 aromatic heterocycles. The smallest absolute Gasteiger partial charge is 0.0334 e. The van der Waals surface area contributed by atoms with Crippen LogP contribution in [0.25, 0.3) is 0 Å². The molecule has 1 rings (SSSR count). The second-order valence-electron chi connectivity index (χ2n) is 1.94. The number of hydrogen-bond donors (Lipinski definition) is 1. The lowest BCUT2D eigenvalue weighted by Crippen LogP contribution is -2.01. The highest BCUT2D eigenvalue weighted by Gasteiger charge is 1.85. The molecule has 0 radical (unpaired) electrons. The van der Waals surface area contributed by atoms with Crippen LogP contribution in [0.4, 0.5) is 0 Å². The first-order valence-electron chi connectivity index (χ1n) is 3.14. The molecular weight excluding hydrogens is 110 g/mol. The maximum Gasteiger partial charge on any atom is 0.0334 e. The van der Waals surface area contributed by atoms with Crippen molar-refractivity contribution in [3.8, 4) is 0 Å². The molecule has 0 atom stereocenters. The van der Waals surface area contributed by atoms with Gasteiger partial charge in [-0.2, -0.15) is 0 Å². The molecule has 0 saturated heterocycles. The fourth-order valence-corrected chi connectivity index (χ4v) is 0.746. The monoisotopic (exact) mass is 123 g/mol. The van der Waals surface area contributed by atoms with Crippen LogP contribution >= 0.6 is 0 Å². The number of hydrogen-bond acceptors (Lipinski definition) is 1. The topological polar surface area (TPSA) is 12.0 Å². The van der Waals surface area contributed by atoms with E-state index in [0.717, 1.165) is 6.42 Å². The van der Waals surface area contributed by atoms with Crippen LogP contribution in [-0.4, -0.2) is 7.05 Å². The van der Waals surface area contributed by atoms with E-state index in [1.54, 1.807) is 0 Å². The number of likely N-dealkylation sites (N-methyl/N-ethyl adjacent to an activating group) is 1. The Bertz CT molecular complexity index is 168. The van der Waals surface area contributed by atoms with Crippen LogP contribution in [0.5, 0.6) is 0 Å². The van der Waals surface area contributed by atoms with E-state index < -0.39 is 0 Å². The summed E-state index contributed by atoms with van der Waals surface area (Å²) in [6, 6.07) is 0. The zero-order valence-electron chi connectivity index (χ0n) is 5.59. The molecule has 0 saturated carbocycles. The van der Waals surface area contributed by atoms with Crippen molar-refractivity contribution < 1.29 is 1.43 Å². The van der Waals surface area contributed by atoms with E-state index in [9.17, 15) is 0 Å². The molecule has 0 amide bonds. The SMILES string of the molecule is CNC1=CC=CCC=C1.[HH]. The standard InChI is InChI=1S/C8H11N.H2/c1-9-8-6-4-2-3-5-7-8;/h2,4-7,9H,3H2,1H3;1H. The largest absolute Gasteiger partial charge is 0.388 e. The van der Waals surface area contributed by atoms with Gasteiger partial charge in [0.25, 0.3) is 0 Å². The molecule has 0 fully saturated rings. The molecule has 50 valence electrons. The van der Waals surface area contributed by atoms with E-state index in [2.05, 4.69) is 35.7 Å². The molecule has 0 spiro atoms. The van der Waals surface area contributed by atoms with E-state index in [1.807, 2.05) is 7.05 Å². The summed E-state index contributed by atoms with van der Waals surface area (Å²) >= 11 is 0. The molecule has 9 heavy (non-hydrogen) atoms. The predicted octanol–water partition coefficient (Wildman–Crippen LogP) is 1.85. The third-order valence-corrected chi connectivity index (χ3v) is 1.27. The summed E-state index contributed by atoms with van der Waals surface area (Å²) in [5.74, 6) is 0. The highest BCUT2D eigenvalue weighted by molar-refractivity contribution is 5.25. The summed E-state index contributed by atoms with van der Waals surface area (Å²) in [6.07, 6.45) is 11.5. The van der Waals surface area contributed by atoms with Gasteiger partial charge >= 0.3 is 0 Å². The van der Waals surface area contributed by atoms with Gasteiger partial charge in [-0.05, 0) is 18.6 Å². The third kappa shape index (κ3) is 1.76. The maximum atomic E-state index is 3.07. The highest BCUT2D eigenvalue weighted by atomic mass is 14.8. The quantitative estimate of drug-likeness (QED) is 0.561. The van der Waals surface area contributed by atoms with Crippen molar-refractivity contribution in [2.24, 2.45) is 0 Å². The Kier molecular flexibility index (Phi) is 2.13. The second kappa shape index (κ2) is 3.13. The van der Waals surface area contributed by atoms with Crippen molar-refractivity contribution in [1.82, 2.24) is 5.32 Å². The van der Waals surface area contributed by atoms with Crippen molar-refractivity contribution in [2.45, 2.75) is 6.42 Å². The van der Waals surface area contributed by atoms with Gasteiger partial charge in [-0.3, -0.25) is 0 Å². The molecule has 0 aromatic rings. The maximum absolute atomic E-state index is 3.07. The first kappa shape index (κ1) is 6.14. The van der Waals surface area contributed by atoms with Gasteiger partial charge in [-0.15, -0.1) is 0 Å². The fraction of sp³-hybridized carbons (Fsp3) is 0.250. The van der Waals surface area contributed by atoms with Crippen LogP contribution in [-0.2, 0) is 0 Å². The minimum absolute atomic E-state index is 0. The third-order valence-electron chi connectivity index (χ3n) is 1.27. The molecule has 0 heterocycles. The van der Waals surface area contributed by atoms with Gasteiger partial charge in [0, 0.05) is 14.2 Å². The number of rotatable bonds is 1. The van der Waals surface area contributed by atoms with Crippen molar-refractivity contribution in [3.05, 3.63) is 36.1 Å². The van der Waals surface area contributed by atoms with E-state index >= 15 is 0 Å². The summed E-state index contributed by atoms with van der Waals surface area (Å²) < 4.78 is 0. The van der Waals surface area contributed by atoms with E-state index in [0.29, 0.717) is 0 Å². The Hall–Kier alpha value is -0.980. The van der Waals surface area contributed by atoms with Gasteiger partial charge in [0.15, 0.2) is 0 Å². The second-order valence-corrected chi connectivity index (χ2v) is 1.94. The normalized spacial score (nSPS) is 16.8. The van der Waals surface area contributed by atoms with Gasteiger partial charge in [0.2, 0.25) is 0 Å². The summed E-state index contributed by atoms with van der Waals surface area (Å²) in [6.45, 7) is 0. The van der Waals surface area contributed by atoms with Gasteiger partial charge < -0.3 is 5.32 Å². The van der Waals surface area contributed by atoms with Crippen molar-refractivity contribution in [2.75, 3.05) is 7.05 Å². The highest BCUT2D eigenvalue weighted by Crippen LogP contribution is 1.99. The van der Waals surface area contributed by atoms with Crippen LogP contribution in [0.15, 0.2) is 36.1 Å². The van der Waals surface area contributed by atoms with Crippen LogP contribution in [0.3, 0.4) is 0 Å². The van der Waals surface area contributed by atoms with Crippen molar-refractivity contribution in [3.63, 3.8) is 0 Å². The zero-order chi connectivity index (χ0) is 6.53. The minimum Gasteiger partial charge on any atom is -0.388 e. The molecule has 1 aliphatic rings. The fourth-order valence-electron chi connectivity index (χ4n) is 0.746. The molecule has 0 aromatic carbocycles. The van der Waals surface area contributed by atoms with Crippen LogP contribution < -0.4 is 5.32 Å². The first-order valence-corrected chi connectivity index (χ1v) is 3.14. The summed E-state index contributed by atoms with van der Waals surface area (Å²) in [4.78, 5) is 0. The van der Waals surface area contributed by atoms with E-state index in [-0.39, 0.29) is 1.43 Å². The predicted molar refractivity (Wildman–Crippen MR) is 42.2 cm³/mol. The molecule has 1 aliphatic carbocycles. The van der Waals surface area contributed by atoms with E-state index in [4.69, 9.17) is 0 Å². The molecule has 0 unspecified atom stereocenters. The number of nitrogens with one attached hydrogen (secondary N) is 1. The average Bonchev–Trinajstić information content (AvgIpc) is 2.13. The lowest BCUT2D eigenvalue weighted by atomic mass is 10.3. The lowest BCUT2D eigenvalue weighted by molar-refractivity contribution is 1.03. The Morgan fingerprint density at radius 2 is 2.44 bits per heavy atom. The molecule has 1 N–H and O–H groups in total. The molecule has 1 nitrogen and oxygen atoms in total. The van der Waals surface area contributed by atoms with Crippen LogP contribution in [0, 0.1) is 0 Å². The zero-order valence-corrected chi connectivity index (χ0v) is 5.59. The average molecular weight is 123 g/mol.